The standard InChI is InChI=1S/C16H15FN4S/c17-12-6-8-13(9-7-12)18-16(22)19-15-10-11-21(20-15)14-4-2-1-3-5-14/h1-9H,10-11H2,(H2,18,19,20,22). The fraction of sp³-hybridized carbons (Fsp3) is 0.125. The number of para-hydroxylation sites is 1. The zero-order valence-electron chi connectivity index (χ0n) is 11.8. The van der Waals surface area contributed by atoms with Gasteiger partial charge < -0.3 is 5.32 Å². The number of hydrogen-bond donors (Lipinski definition) is 2. The molecule has 1 aliphatic rings. The van der Waals surface area contributed by atoms with E-state index in [0.717, 1.165) is 24.5 Å². The number of thiocarbonyl (C=S) groups is 1. The Balaban J connectivity index is 1.61. The fourth-order valence-electron chi connectivity index (χ4n) is 2.18. The highest BCUT2D eigenvalue weighted by Gasteiger charge is 2.17. The van der Waals surface area contributed by atoms with Crippen LogP contribution in [-0.4, -0.2) is 17.5 Å². The molecule has 1 saturated heterocycles. The first-order chi connectivity index (χ1) is 10.7. The van der Waals surface area contributed by atoms with Crippen LogP contribution in [0.5, 0.6) is 0 Å². The van der Waals surface area contributed by atoms with Crippen LogP contribution < -0.4 is 15.8 Å². The van der Waals surface area contributed by atoms with Crippen LogP contribution in [0.4, 0.5) is 15.8 Å². The predicted molar refractivity (Wildman–Crippen MR) is 91.6 cm³/mol. The minimum absolute atomic E-state index is 0.279. The summed E-state index contributed by atoms with van der Waals surface area (Å²) >= 11 is 5.21. The molecule has 0 saturated carbocycles. The number of nitrogens with zero attached hydrogens (tertiary/aromatic N) is 2. The smallest absolute Gasteiger partial charge is 0.198 e. The second-order valence-corrected chi connectivity index (χ2v) is 5.23. The van der Waals surface area contributed by atoms with Crippen LogP contribution in [0.1, 0.15) is 6.42 Å². The van der Waals surface area contributed by atoms with Crippen LogP contribution in [0.15, 0.2) is 59.6 Å². The third kappa shape index (κ3) is 3.59. The number of amidine groups is 1. The molecule has 22 heavy (non-hydrogen) atoms. The van der Waals surface area contributed by atoms with Crippen LogP contribution >= 0.6 is 12.2 Å². The first-order valence-corrected chi connectivity index (χ1v) is 7.35. The van der Waals surface area contributed by atoms with Crippen LogP contribution in [0, 0.1) is 5.82 Å². The molecule has 0 aromatic heterocycles. The summed E-state index contributed by atoms with van der Waals surface area (Å²) in [6.45, 7) is 0.835. The Kier molecular flexibility index (Phi) is 4.29. The van der Waals surface area contributed by atoms with Gasteiger partial charge in [0.2, 0.25) is 0 Å². The first kappa shape index (κ1) is 14.5. The van der Waals surface area contributed by atoms with Crippen LogP contribution in [0.25, 0.3) is 0 Å². The van der Waals surface area contributed by atoms with E-state index in [2.05, 4.69) is 15.7 Å². The third-order valence-corrected chi connectivity index (χ3v) is 3.43. The Morgan fingerprint density at radius 1 is 1.14 bits per heavy atom. The minimum Gasteiger partial charge on any atom is -0.331 e. The van der Waals surface area contributed by atoms with Gasteiger partial charge in [-0.2, -0.15) is 0 Å². The zero-order chi connectivity index (χ0) is 15.4. The number of hydrogen-bond acceptors (Lipinski definition) is 2. The average molecular weight is 314 g/mol. The summed E-state index contributed by atoms with van der Waals surface area (Å²) < 4.78 is 12.9. The van der Waals surface area contributed by atoms with Crippen molar-refractivity contribution >= 4 is 34.5 Å². The Labute approximate surface area is 133 Å². The van der Waals surface area contributed by atoms with Crippen molar-refractivity contribution in [2.45, 2.75) is 6.42 Å². The third-order valence-electron chi connectivity index (χ3n) is 3.24. The van der Waals surface area contributed by atoms with E-state index in [1.165, 1.54) is 12.1 Å². The number of rotatable bonds is 2. The molecular weight excluding hydrogens is 299 g/mol. The van der Waals surface area contributed by atoms with Crippen molar-refractivity contribution in [3.8, 4) is 0 Å². The molecule has 0 unspecified atom stereocenters. The van der Waals surface area contributed by atoms with Gasteiger partial charge in [-0.25, -0.2) is 9.38 Å². The van der Waals surface area contributed by atoms with E-state index in [0.29, 0.717) is 10.8 Å². The largest absolute Gasteiger partial charge is 0.331 e. The van der Waals surface area contributed by atoms with Crippen molar-refractivity contribution in [2.75, 3.05) is 16.9 Å². The molecule has 1 aliphatic heterocycles. The molecule has 112 valence electrons. The van der Waals surface area contributed by atoms with Gasteiger partial charge in [0.1, 0.15) is 11.7 Å². The van der Waals surface area contributed by atoms with E-state index >= 15 is 0 Å². The molecule has 3 rings (SSSR count). The SMILES string of the molecule is Fc1ccc(NC(=S)/N=C2\CCN(c3ccccc3)N2)cc1. The number of benzene rings is 2. The molecule has 0 spiro atoms. The highest BCUT2D eigenvalue weighted by atomic mass is 32.1. The molecular formula is C16H15FN4S. The van der Waals surface area contributed by atoms with Crippen molar-refractivity contribution in [1.29, 1.82) is 0 Å². The van der Waals surface area contributed by atoms with E-state index in [1.54, 1.807) is 12.1 Å². The van der Waals surface area contributed by atoms with E-state index in [9.17, 15) is 4.39 Å². The molecule has 2 aromatic rings. The summed E-state index contributed by atoms with van der Waals surface area (Å²) in [6.07, 6.45) is 0.792. The molecule has 1 fully saturated rings. The monoisotopic (exact) mass is 314 g/mol. The van der Waals surface area contributed by atoms with E-state index < -0.39 is 0 Å². The maximum atomic E-state index is 12.9. The lowest BCUT2D eigenvalue weighted by Gasteiger charge is -2.17. The summed E-state index contributed by atoms with van der Waals surface area (Å²) in [6, 6.07) is 16.0. The lowest BCUT2D eigenvalue weighted by atomic mass is 10.3. The fourth-order valence-corrected chi connectivity index (χ4v) is 2.40. The summed E-state index contributed by atoms with van der Waals surface area (Å²) in [5, 5.41) is 5.35. The van der Waals surface area contributed by atoms with E-state index in [-0.39, 0.29) is 5.82 Å². The molecule has 0 atom stereocenters. The Bertz CT molecular complexity index is 685. The molecule has 1 heterocycles. The van der Waals surface area contributed by atoms with Crippen molar-refractivity contribution in [3.63, 3.8) is 0 Å². The van der Waals surface area contributed by atoms with Gasteiger partial charge in [-0.3, -0.25) is 10.4 Å². The molecule has 6 heteroatoms. The zero-order valence-corrected chi connectivity index (χ0v) is 12.6. The van der Waals surface area contributed by atoms with Gasteiger partial charge in [-0.1, -0.05) is 18.2 Å². The highest BCUT2D eigenvalue weighted by molar-refractivity contribution is 7.80. The van der Waals surface area contributed by atoms with Crippen molar-refractivity contribution in [2.24, 2.45) is 4.99 Å². The van der Waals surface area contributed by atoms with Gasteiger partial charge in [-0.15, -0.1) is 0 Å². The van der Waals surface area contributed by atoms with Gasteiger partial charge in [-0.05, 0) is 48.6 Å². The first-order valence-electron chi connectivity index (χ1n) is 6.94. The maximum Gasteiger partial charge on any atom is 0.198 e. The lowest BCUT2D eigenvalue weighted by molar-refractivity contribution is 0.628. The highest BCUT2D eigenvalue weighted by Crippen LogP contribution is 2.15. The van der Waals surface area contributed by atoms with Gasteiger partial charge in [0.25, 0.3) is 0 Å². The molecule has 0 bridgehead atoms. The van der Waals surface area contributed by atoms with E-state index in [1.807, 2.05) is 35.3 Å². The Hall–Kier alpha value is -2.47. The summed E-state index contributed by atoms with van der Waals surface area (Å²) in [7, 11) is 0. The normalized spacial score (nSPS) is 15.7. The summed E-state index contributed by atoms with van der Waals surface area (Å²) in [4.78, 5) is 4.36. The molecule has 0 aliphatic carbocycles. The number of aliphatic imine (C=N–C) groups is 1. The van der Waals surface area contributed by atoms with Crippen LogP contribution in [-0.2, 0) is 0 Å². The number of anilines is 2. The number of nitrogens with one attached hydrogen (secondary N) is 2. The molecule has 2 aromatic carbocycles. The maximum absolute atomic E-state index is 12.9. The van der Waals surface area contributed by atoms with Gasteiger partial charge in [0.15, 0.2) is 5.11 Å². The minimum atomic E-state index is -0.279. The van der Waals surface area contributed by atoms with Gasteiger partial charge >= 0.3 is 0 Å². The molecule has 0 amide bonds. The predicted octanol–water partition coefficient (Wildman–Crippen LogP) is 3.34. The summed E-state index contributed by atoms with van der Waals surface area (Å²) in [5.41, 5.74) is 5.03. The van der Waals surface area contributed by atoms with Gasteiger partial charge in [0, 0.05) is 18.7 Å². The molecule has 2 N–H and O–H groups in total. The van der Waals surface area contributed by atoms with Gasteiger partial charge in [0.05, 0.1) is 5.69 Å². The quantitative estimate of drug-likeness (QED) is 0.834. The number of hydrazine groups is 1. The molecule has 4 nitrogen and oxygen atoms in total. The van der Waals surface area contributed by atoms with Crippen molar-refractivity contribution < 1.29 is 4.39 Å². The molecule has 0 radical (unpaired) electrons. The topological polar surface area (TPSA) is 39.7 Å². The van der Waals surface area contributed by atoms with Crippen molar-refractivity contribution in [3.05, 3.63) is 60.4 Å². The van der Waals surface area contributed by atoms with Crippen molar-refractivity contribution in [1.82, 2.24) is 5.43 Å². The summed E-state index contributed by atoms with van der Waals surface area (Å²) in [5.74, 6) is 0.530. The Morgan fingerprint density at radius 3 is 2.59 bits per heavy atom. The second kappa shape index (κ2) is 6.53. The van der Waals surface area contributed by atoms with Crippen LogP contribution in [0.3, 0.4) is 0 Å². The van der Waals surface area contributed by atoms with E-state index in [4.69, 9.17) is 12.2 Å². The van der Waals surface area contributed by atoms with Crippen LogP contribution in [0.2, 0.25) is 0 Å². The lowest BCUT2D eigenvalue weighted by Crippen LogP contribution is -2.33. The second-order valence-electron chi connectivity index (χ2n) is 4.84. The average Bonchev–Trinajstić information content (AvgIpc) is 2.99. The Morgan fingerprint density at radius 2 is 1.86 bits per heavy atom. The number of halogens is 1.